The van der Waals surface area contributed by atoms with Gasteiger partial charge in [0.05, 0.1) is 12.5 Å². The number of nitrogens with zero attached hydrogens (tertiary/aromatic N) is 2. The van der Waals surface area contributed by atoms with E-state index in [1.54, 1.807) is 0 Å². The van der Waals surface area contributed by atoms with Crippen molar-refractivity contribution in [2.75, 3.05) is 39.5 Å². The highest BCUT2D eigenvalue weighted by Crippen LogP contribution is 2.45. The highest BCUT2D eigenvalue weighted by atomic mass is 16.7. The van der Waals surface area contributed by atoms with E-state index < -0.39 is 11.9 Å². The molecule has 3 atom stereocenters. The molecule has 0 spiro atoms. The molecule has 2 aliphatic heterocycles. The van der Waals surface area contributed by atoms with Crippen LogP contribution in [0.5, 0.6) is 11.5 Å². The Balaban J connectivity index is 1.90. The number of ether oxygens (including phenoxy) is 2. The van der Waals surface area contributed by atoms with Gasteiger partial charge in [-0.15, -0.1) is 0 Å². The van der Waals surface area contributed by atoms with Gasteiger partial charge < -0.3 is 25.2 Å². The third-order valence-electron chi connectivity index (χ3n) is 7.57. The second-order valence-corrected chi connectivity index (χ2v) is 11.0. The van der Waals surface area contributed by atoms with Crippen LogP contribution in [-0.4, -0.2) is 72.3 Å². The molecule has 37 heavy (non-hydrogen) atoms. The molecule has 206 valence electrons. The van der Waals surface area contributed by atoms with Gasteiger partial charge in [-0.2, -0.15) is 0 Å². The number of rotatable bonds is 14. The Labute approximate surface area is 221 Å². The molecule has 2 aliphatic rings. The molecule has 0 bridgehead atoms. The molecule has 3 rings (SSSR count). The first-order valence-electron chi connectivity index (χ1n) is 13.7. The molecule has 1 saturated heterocycles. The van der Waals surface area contributed by atoms with Gasteiger partial charge in [-0.1, -0.05) is 45.4 Å². The number of unbranched alkanes of at least 4 members (excludes halogenated alkanes) is 2. The molecule has 3 N–H and O–H groups in total. The minimum absolute atomic E-state index is 0.0646. The number of hydrogen-bond donors (Lipinski definition) is 2. The van der Waals surface area contributed by atoms with Gasteiger partial charge >= 0.3 is 5.97 Å². The lowest BCUT2D eigenvalue weighted by Gasteiger charge is -2.34. The lowest BCUT2D eigenvalue weighted by Crippen LogP contribution is -2.46. The van der Waals surface area contributed by atoms with Crippen molar-refractivity contribution in [3.8, 4) is 11.5 Å². The van der Waals surface area contributed by atoms with Gasteiger partial charge in [0.1, 0.15) is 0 Å². The van der Waals surface area contributed by atoms with Crippen molar-refractivity contribution in [2.24, 2.45) is 17.1 Å². The Hall–Kier alpha value is -2.58. The maximum absolute atomic E-state index is 13.6. The fraction of sp³-hybridized carbons (Fsp3) is 0.655. The third kappa shape index (κ3) is 7.48. The molecule has 8 nitrogen and oxygen atoms in total. The van der Waals surface area contributed by atoms with E-state index in [0.29, 0.717) is 37.6 Å². The zero-order valence-electron chi connectivity index (χ0n) is 22.9. The molecule has 0 aromatic heterocycles. The summed E-state index contributed by atoms with van der Waals surface area (Å²) in [6.45, 7) is 11.3. The summed E-state index contributed by atoms with van der Waals surface area (Å²) in [6.07, 6.45) is 8.50. The fourth-order valence-corrected chi connectivity index (χ4v) is 5.72. The van der Waals surface area contributed by atoms with Crippen LogP contribution >= 0.6 is 0 Å². The first-order chi connectivity index (χ1) is 17.7. The average Bonchev–Trinajstić information content (AvgIpc) is 3.45. The third-order valence-corrected chi connectivity index (χ3v) is 7.57. The minimum atomic E-state index is -0.829. The van der Waals surface area contributed by atoms with Crippen LogP contribution in [0.25, 0.3) is 0 Å². The van der Waals surface area contributed by atoms with Crippen LogP contribution in [0.1, 0.15) is 71.3 Å². The highest BCUT2D eigenvalue weighted by Gasteiger charge is 2.48. The number of allylic oxidation sites excluding steroid dienone is 2. The van der Waals surface area contributed by atoms with E-state index >= 15 is 0 Å². The summed E-state index contributed by atoms with van der Waals surface area (Å²) in [5, 5.41) is 10.4. The van der Waals surface area contributed by atoms with Crippen molar-refractivity contribution in [1.29, 1.82) is 0 Å². The van der Waals surface area contributed by atoms with Crippen LogP contribution in [0.4, 0.5) is 0 Å². The Morgan fingerprint density at radius 1 is 1.19 bits per heavy atom. The van der Waals surface area contributed by atoms with Crippen LogP contribution in [-0.2, 0) is 9.59 Å². The zero-order chi connectivity index (χ0) is 27.0. The Morgan fingerprint density at radius 3 is 2.59 bits per heavy atom. The van der Waals surface area contributed by atoms with Crippen LogP contribution < -0.4 is 15.2 Å². The number of nitrogens with two attached hydrogens (primary N) is 1. The lowest BCUT2D eigenvalue weighted by atomic mass is 9.77. The van der Waals surface area contributed by atoms with E-state index in [0.717, 1.165) is 37.8 Å². The summed E-state index contributed by atoms with van der Waals surface area (Å²) in [5.41, 5.74) is 6.38. The Kier molecular flexibility index (Phi) is 10.4. The molecule has 0 radical (unpaired) electrons. The highest BCUT2D eigenvalue weighted by molar-refractivity contribution is 5.79. The predicted octanol–water partition coefficient (Wildman–Crippen LogP) is 4.24. The lowest BCUT2D eigenvalue weighted by molar-refractivity contribution is -0.144. The van der Waals surface area contributed by atoms with Crippen LogP contribution in [0.3, 0.4) is 0 Å². The second-order valence-electron chi connectivity index (χ2n) is 11.0. The quantitative estimate of drug-likeness (QED) is 0.282. The van der Waals surface area contributed by atoms with Crippen molar-refractivity contribution in [3.63, 3.8) is 0 Å². The smallest absolute Gasteiger partial charge is 0.308 e. The first kappa shape index (κ1) is 29.0. The Bertz CT molecular complexity index is 947. The van der Waals surface area contributed by atoms with Gasteiger partial charge in [0.15, 0.2) is 11.5 Å². The number of carboxylic acid groups (broad SMARTS) is 1. The second kappa shape index (κ2) is 13.3. The SMILES string of the molecule is CC=CC(C)(C)C[C@H]1C(C(=O)O)[C@@H](c2ccc3c(c2)OCO3)CN1CC(=O)N(CCCC)CCCCN. The summed E-state index contributed by atoms with van der Waals surface area (Å²) in [5.74, 6) is -0.339. The summed E-state index contributed by atoms with van der Waals surface area (Å²) in [4.78, 5) is 30.4. The van der Waals surface area contributed by atoms with Crippen LogP contribution in [0.15, 0.2) is 30.4 Å². The summed E-state index contributed by atoms with van der Waals surface area (Å²) in [6, 6.07) is 5.42. The van der Waals surface area contributed by atoms with E-state index in [4.69, 9.17) is 15.2 Å². The van der Waals surface area contributed by atoms with E-state index in [9.17, 15) is 14.7 Å². The number of aliphatic carboxylic acids is 1. The minimum Gasteiger partial charge on any atom is -0.481 e. The average molecular weight is 516 g/mol. The maximum atomic E-state index is 13.6. The van der Waals surface area contributed by atoms with Gasteiger partial charge in [-0.05, 0) is 62.3 Å². The molecule has 0 saturated carbocycles. The zero-order valence-corrected chi connectivity index (χ0v) is 22.9. The molecule has 2 heterocycles. The topological polar surface area (TPSA) is 105 Å². The molecular weight excluding hydrogens is 470 g/mol. The van der Waals surface area contributed by atoms with Gasteiger partial charge in [-0.3, -0.25) is 14.5 Å². The number of benzene rings is 1. The van der Waals surface area contributed by atoms with E-state index in [1.165, 1.54) is 0 Å². The molecule has 1 aromatic rings. The molecule has 1 aromatic carbocycles. The number of hydrogen-bond acceptors (Lipinski definition) is 6. The van der Waals surface area contributed by atoms with Gasteiger partial charge in [0, 0.05) is 31.6 Å². The molecule has 1 amide bonds. The number of amides is 1. The van der Waals surface area contributed by atoms with E-state index in [1.807, 2.05) is 36.1 Å². The summed E-state index contributed by atoms with van der Waals surface area (Å²) >= 11 is 0. The number of carbonyl (C=O) groups is 2. The summed E-state index contributed by atoms with van der Waals surface area (Å²) < 4.78 is 11.0. The summed E-state index contributed by atoms with van der Waals surface area (Å²) in [7, 11) is 0. The molecule has 1 fully saturated rings. The van der Waals surface area contributed by atoms with Crippen molar-refractivity contribution in [1.82, 2.24) is 9.80 Å². The number of fused-ring (bicyclic) bond motifs is 1. The molecule has 0 aliphatic carbocycles. The normalized spacial score (nSPS) is 21.6. The predicted molar refractivity (Wildman–Crippen MR) is 145 cm³/mol. The monoisotopic (exact) mass is 515 g/mol. The van der Waals surface area contributed by atoms with E-state index in [-0.39, 0.29) is 36.6 Å². The first-order valence-corrected chi connectivity index (χ1v) is 13.7. The van der Waals surface area contributed by atoms with Crippen LogP contribution in [0, 0.1) is 11.3 Å². The van der Waals surface area contributed by atoms with Gasteiger partial charge in [0.25, 0.3) is 0 Å². The number of carbonyl (C=O) groups excluding carboxylic acids is 1. The molecular formula is C29H45N3O5. The van der Waals surface area contributed by atoms with Crippen molar-refractivity contribution >= 4 is 11.9 Å². The van der Waals surface area contributed by atoms with Crippen molar-refractivity contribution in [3.05, 3.63) is 35.9 Å². The number of carboxylic acids is 1. The Morgan fingerprint density at radius 2 is 1.92 bits per heavy atom. The molecule has 1 unspecified atom stereocenters. The fourth-order valence-electron chi connectivity index (χ4n) is 5.72. The van der Waals surface area contributed by atoms with Gasteiger partial charge in [0.2, 0.25) is 12.7 Å². The van der Waals surface area contributed by atoms with Crippen molar-refractivity contribution < 1.29 is 24.2 Å². The van der Waals surface area contributed by atoms with E-state index in [2.05, 4.69) is 31.7 Å². The molecule has 8 heteroatoms. The van der Waals surface area contributed by atoms with Gasteiger partial charge in [-0.25, -0.2) is 0 Å². The standard InChI is InChI=1S/C29H45N3O5/c1-5-7-14-31(15-9-8-13-30)26(33)19-32-18-22(21-10-11-24-25(16-21)37-20-36-24)27(28(34)35)23(32)17-29(3,4)12-6-2/h6,10-12,16,22-23,27H,5,7-9,13-15,17-20,30H2,1-4H3,(H,34,35)/t22-,23+,27?/m1/s1. The van der Waals surface area contributed by atoms with Crippen LogP contribution in [0.2, 0.25) is 0 Å². The number of likely N-dealkylation sites (tertiary alicyclic amines) is 1. The van der Waals surface area contributed by atoms with Crippen molar-refractivity contribution in [2.45, 2.75) is 71.8 Å². The largest absolute Gasteiger partial charge is 0.481 e. The maximum Gasteiger partial charge on any atom is 0.308 e.